The van der Waals surface area contributed by atoms with Gasteiger partial charge in [-0.05, 0) is 19.3 Å². The number of carboxylic acids is 1. The molecule has 0 spiro atoms. The Morgan fingerprint density at radius 1 is 1.55 bits per heavy atom. The zero-order chi connectivity index (χ0) is 14.7. The Kier molecular flexibility index (Phi) is 4.42. The van der Waals surface area contributed by atoms with Crippen molar-refractivity contribution in [3.05, 3.63) is 17.5 Å². The summed E-state index contributed by atoms with van der Waals surface area (Å²) in [4.78, 5) is 23.4. The number of aromatic nitrogens is 2. The number of amides is 1. The van der Waals surface area contributed by atoms with Gasteiger partial charge in [0.05, 0.1) is 17.5 Å². The van der Waals surface area contributed by atoms with Gasteiger partial charge in [0.2, 0.25) is 0 Å². The Balaban J connectivity index is 2.08. The van der Waals surface area contributed by atoms with Gasteiger partial charge in [-0.25, -0.2) is 4.79 Å². The smallest absolute Gasteiger partial charge is 0.326 e. The monoisotopic (exact) mass is 279 g/mol. The molecule has 0 aliphatic heterocycles. The van der Waals surface area contributed by atoms with Gasteiger partial charge in [-0.3, -0.25) is 9.48 Å². The number of carbonyl (C=O) groups is 2. The van der Waals surface area contributed by atoms with Gasteiger partial charge in [0.15, 0.2) is 0 Å². The summed E-state index contributed by atoms with van der Waals surface area (Å²) in [5.41, 5.74) is 1.43. The first-order valence-electron chi connectivity index (χ1n) is 7.10. The van der Waals surface area contributed by atoms with Crippen LogP contribution in [0.2, 0.25) is 0 Å². The number of hydrogen-bond donors (Lipinski definition) is 2. The van der Waals surface area contributed by atoms with Crippen LogP contribution in [-0.2, 0) is 11.8 Å². The van der Waals surface area contributed by atoms with Crippen molar-refractivity contribution in [3.8, 4) is 0 Å². The molecule has 1 atom stereocenters. The van der Waals surface area contributed by atoms with Crippen molar-refractivity contribution in [2.45, 2.75) is 51.0 Å². The molecule has 1 aliphatic rings. The summed E-state index contributed by atoms with van der Waals surface area (Å²) in [5.74, 6) is -0.922. The fourth-order valence-electron chi connectivity index (χ4n) is 2.36. The molecule has 20 heavy (non-hydrogen) atoms. The van der Waals surface area contributed by atoms with Crippen LogP contribution in [0.4, 0.5) is 0 Å². The second-order valence-corrected chi connectivity index (χ2v) is 5.35. The number of unbranched alkanes of at least 4 members (excludes halogenated alkanes) is 1. The molecular formula is C14H21N3O3. The minimum atomic E-state index is -0.983. The molecule has 6 heteroatoms. The van der Waals surface area contributed by atoms with Gasteiger partial charge in [0.25, 0.3) is 5.91 Å². The first-order valence-corrected chi connectivity index (χ1v) is 7.10. The number of aryl methyl sites for hydroxylation is 1. The van der Waals surface area contributed by atoms with E-state index in [2.05, 4.69) is 10.4 Å². The molecule has 1 heterocycles. The minimum Gasteiger partial charge on any atom is -0.480 e. The number of rotatable bonds is 7. The topological polar surface area (TPSA) is 84.2 Å². The van der Waals surface area contributed by atoms with E-state index in [9.17, 15) is 9.59 Å². The highest BCUT2D eigenvalue weighted by Gasteiger charge is 2.32. The SMILES string of the molecule is CCCC[C@H](NC(=O)c1cnn(C)c1C1CC1)C(=O)O. The van der Waals surface area contributed by atoms with E-state index < -0.39 is 12.0 Å². The normalized spacial score (nSPS) is 15.9. The van der Waals surface area contributed by atoms with Crippen molar-refractivity contribution >= 4 is 11.9 Å². The standard InChI is InChI=1S/C14H21N3O3/c1-3-4-5-11(14(19)20)16-13(18)10-8-15-17(2)12(10)9-6-7-9/h8-9,11H,3-7H2,1-2H3,(H,16,18)(H,19,20)/t11-/m0/s1. The van der Waals surface area contributed by atoms with Crippen molar-refractivity contribution < 1.29 is 14.7 Å². The predicted octanol–water partition coefficient (Wildman–Crippen LogP) is 1.67. The third-order valence-electron chi connectivity index (χ3n) is 3.64. The van der Waals surface area contributed by atoms with E-state index in [-0.39, 0.29) is 5.91 Å². The molecule has 1 amide bonds. The lowest BCUT2D eigenvalue weighted by Crippen LogP contribution is -2.41. The molecule has 2 N–H and O–H groups in total. The third kappa shape index (κ3) is 3.18. The first kappa shape index (κ1) is 14.6. The van der Waals surface area contributed by atoms with Crippen LogP contribution in [0.1, 0.15) is 61.0 Å². The van der Waals surface area contributed by atoms with E-state index in [1.54, 1.807) is 4.68 Å². The van der Waals surface area contributed by atoms with Gasteiger partial charge in [0, 0.05) is 13.0 Å². The van der Waals surface area contributed by atoms with Gasteiger partial charge < -0.3 is 10.4 Å². The Morgan fingerprint density at radius 3 is 2.80 bits per heavy atom. The van der Waals surface area contributed by atoms with Gasteiger partial charge in [-0.2, -0.15) is 5.10 Å². The average Bonchev–Trinajstić information content (AvgIpc) is 3.16. The summed E-state index contributed by atoms with van der Waals surface area (Å²) >= 11 is 0. The summed E-state index contributed by atoms with van der Waals surface area (Å²) in [7, 11) is 1.82. The van der Waals surface area contributed by atoms with Crippen molar-refractivity contribution in [3.63, 3.8) is 0 Å². The molecule has 0 aromatic carbocycles. The Labute approximate surface area is 118 Å². The molecular weight excluding hydrogens is 258 g/mol. The number of carbonyl (C=O) groups excluding carboxylic acids is 1. The number of carboxylic acid groups (broad SMARTS) is 1. The molecule has 110 valence electrons. The van der Waals surface area contributed by atoms with Crippen LogP contribution < -0.4 is 5.32 Å². The average molecular weight is 279 g/mol. The number of aliphatic carboxylic acids is 1. The molecule has 6 nitrogen and oxygen atoms in total. The van der Waals surface area contributed by atoms with Gasteiger partial charge >= 0.3 is 5.97 Å². The van der Waals surface area contributed by atoms with Crippen molar-refractivity contribution in [1.29, 1.82) is 0 Å². The zero-order valence-corrected chi connectivity index (χ0v) is 11.9. The molecule has 0 saturated heterocycles. The largest absolute Gasteiger partial charge is 0.480 e. The highest BCUT2D eigenvalue weighted by Crippen LogP contribution is 2.41. The van der Waals surface area contributed by atoms with E-state index in [0.717, 1.165) is 31.4 Å². The summed E-state index contributed by atoms with van der Waals surface area (Å²) in [5, 5.41) is 15.9. The molecule has 1 aromatic heterocycles. The second-order valence-electron chi connectivity index (χ2n) is 5.35. The summed E-state index contributed by atoms with van der Waals surface area (Å²) in [6.45, 7) is 1.99. The molecule has 0 bridgehead atoms. The van der Waals surface area contributed by atoms with Gasteiger partial charge in [0.1, 0.15) is 6.04 Å². The van der Waals surface area contributed by atoms with Gasteiger partial charge in [-0.15, -0.1) is 0 Å². The zero-order valence-electron chi connectivity index (χ0n) is 11.9. The van der Waals surface area contributed by atoms with E-state index in [4.69, 9.17) is 5.11 Å². The fraction of sp³-hybridized carbons (Fsp3) is 0.643. The number of hydrogen-bond acceptors (Lipinski definition) is 3. The predicted molar refractivity (Wildman–Crippen MR) is 73.6 cm³/mol. The molecule has 1 aliphatic carbocycles. The second kappa shape index (κ2) is 6.07. The summed E-state index contributed by atoms with van der Waals surface area (Å²) < 4.78 is 1.72. The molecule has 2 rings (SSSR count). The number of nitrogens with one attached hydrogen (secondary N) is 1. The Bertz CT molecular complexity index is 506. The maximum Gasteiger partial charge on any atom is 0.326 e. The highest BCUT2D eigenvalue weighted by atomic mass is 16.4. The van der Waals surface area contributed by atoms with E-state index in [1.807, 2.05) is 14.0 Å². The van der Waals surface area contributed by atoms with Crippen LogP contribution in [-0.4, -0.2) is 32.8 Å². The number of nitrogens with zero attached hydrogens (tertiary/aromatic N) is 2. The lowest BCUT2D eigenvalue weighted by molar-refractivity contribution is -0.139. The Morgan fingerprint density at radius 2 is 2.25 bits per heavy atom. The maximum atomic E-state index is 12.3. The van der Waals surface area contributed by atoms with Crippen LogP contribution in [0.3, 0.4) is 0 Å². The van der Waals surface area contributed by atoms with E-state index in [0.29, 0.717) is 17.9 Å². The van der Waals surface area contributed by atoms with Crippen molar-refractivity contribution in [1.82, 2.24) is 15.1 Å². The quantitative estimate of drug-likeness (QED) is 0.795. The lowest BCUT2D eigenvalue weighted by atomic mass is 10.1. The molecule has 1 saturated carbocycles. The minimum absolute atomic E-state index is 0.330. The summed E-state index contributed by atoms with van der Waals surface area (Å²) in [6.07, 6.45) is 5.80. The Hall–Kier alpha value is -1.85. The van der Waals surface area contributed by atoms with Crippen LogP contribution in [0, 0.1) is 0 Å². The molecule has 1 fully saturated rings. The van der Waals surface area contributed by atoms with E-state index >= 15 is 0 Å². The van der Waals surface area contributed by atoms with Crippen molar-refractivity contribution in [2.24, 2.45) is 7.05 Å². The van der Waals surface area contributed by atoms with Crippen LogP contribution >= 0.6 is 0 Å². The van der Waals surface area contributed by atoms with Crippen LogP contribution in [0.25, 0.3) is 0 Å². The van der Waals surface area contributed by atoms with Crippen LogP contribution in [0.5, 0.6) is 0 Å². The highest BCUT2D eigenvalue weighted by molar-refractivity contribution is 5.97. The first-order chi connectivity index (χ1) is 9.54. The molecule has 0 unspecified atom stereocenters. The maximum absolute atomic E-state index is 12.3. The fourth-order valence-corrected chi connectivity index (χ4v) is 2.36. The van der Waals surface area contributed by atoms with Crippen LogP contribution in [0.15, 0.2) is 6.20 Å². The summed E-state index contributed by atoms with van der Waals surface area (Å²) in [6, 6.07) is -0.824. The molecule has 0 radical (unpaired) electrons. The van der Waals surface area contributed by atoms with Gasteiger partial charge in [-0.1, -0.05) is 19.8 Å². The molecule has 1 aromatic rings. The third-order valence-corrected chi connectivity index (χ3v) is 3.64. The lowest BCUT2D eigenvalue weighted by Gasteiger charge is -2.14. The van der Waals surface area contributed by atoms with Crippen molar-refractivity contribution in [2.75, 3.05) is 0 Å². The van der Waals surface area contributed by atoms with E-state index in [1.165, 1.54) is 6.20 Å².